The molecule has 5 aliphatic heterocycles. The largest absolute Gasteiger partial charge is 0.461 e. The van der Waals surface area contributed by atoms with Crippen LogP contribution in [0.5, 0.6) is 0 Å². The Balaban J connectivity index is 1.28. The molecule has 5 fully saturated rings. The molecule has 0 radical (unpaired) electrons. The molecular formula is C51H62N12O14S2. The van der Waals surface area contributed by atoms with Crippen molar-refractivity contribution in [3.05, 3.63) is 81.9 Å². The molecule has 7 heterocycles. The van der Waals surface area contributed by atoms with E-state index in [1.54, 1.807) is 64.1 Å². The highest BCUT2D eigenvalue weighted by Crippen LogP contribution is 2.50. The molecule has 2 bridgehead atoms. The van der Waals surface area contributed by atoms with Crippen molar-refractivity contribution in [3.8, 4) is 0 Å². The number of fused-ring (bicyclic) bond motifs is 24. The smallest absolute Gasteiger partial charge is 0.330 e. The summed E-state index contributed by atoms with van der Waals surface area (Å²) in [5.74, 6) is -10.9. The fraction of sp³-hybridized carbons (Fsp3) is 0.490. The highest BCUT2D eigenvalue weighted by atomic mass is 32.2. The zero-order chi connectivity index (χ0) is 58.0. The topological polar surface area (TPSA) is 320 Å². The molecule has 5 aliphatic rings. The van der Waals surface area contributed by atoms with Crippen LogP contribution in [-0.2, 0) is 59.2 Å². The Hall–Kier alpha value is -7.88. The lowest BCUT2D eigenvalue weighted by Gasteiger charge is -2.53. The normalized spacial score (nSPS) is 26.4. The van der Waals surface area contributed by atoms with Gasteiger partial charge in [-0.05, 0) is 49.9 Å². The molecule has 2 aromatic carbocycles. The summed E-state index contributed by atoms with van der Waals surface area (Å²) in [6.07, 6.45) is 2.11. The molecule has 9 rings (SSSR count). The van der Waals surface area contributed by atoms with Crippen molar-refractivity contribution in [2.75, 3.05) is 52.9 Å². The lowest BCUT2D eigenvalue weighted by molar-refractivity contribution is -0.162. The number of nitrogens with one attached hydrogen (secondary N) is 4. The van der Waals surface area contributed by atoms with Gasteiger partial charge >= 0.3 is 18.0 Å². The van der Waals surface area contributed by atoms with Crippen molar-refractivity contribution in [2.24, 2.45) is 11.8 Å². The van der Waals surface area contributed by atoms with E-state index in [-0.39, 0.29) is 16.3 Å². The molecule has 4 N–H and O–H groups in total. The zero-order valence-electron chi connectivity index (χ0n) is 45.0. The van der Waals surface area contributed by atoms with Crippen molar-refractivity contribution in [1.29, 1.82) is 0 Å². The summed E-state index contributed by atoms with van der Waals surface area (Å²) < 4.78 is 13.0. The summed E-state index contributed by atoms with van der Waals surface area (Å²) in [6.45, 7) is 6.68. The van der Waals surface area contributed by atoms with Crippen LogP contribution in [0, 0.1) is 11.8 Å². The maximum absolute atomic E-state index is 15.5. The van der Waals surface area contributed by atoms with Crippen molar-refractivity contribution < 1.29 is 57.4 Å². The summed E-state index contributed by atoms with van der Waals surface area (Å²) in [4.78, 5) is 181. The first kappa shape index (κ1) is 58.8. The third-order valence-corrected chi connectivity index (χ3v) is 17.7. The maximum atomic E-state index is 15.5. The number of carbonyl (C=O) groups is 10. The Bertz CT molecular complexity index is 3250. The number of benzene rings is 2. The van der Waals surface area contributed by atoms with Gasteiger partial charge in [-0.15, -0.1) is 23.5 Å². The quantitative estimate of drug-likeness (QED) is 0.170. The molecular weight excluding hydrogens is 1070 g/mol. The summed E-state index contributed by atoms with van der Waals surface area (Å²) in [7, 11) is 5.15. The van der Waals surface area contributed by atoms with Crippen LogP contribution in [0.4, 0.5) is 4.79 Å². The number of hydrogen-bond donors (Lipinski definition) is 4. The average Bonchev–Trinajstić information content (AvgIpc) is 3.61. The van der Waals surface area contributed by atoms with E-state index in [0.29, 0.717) is 10.1 Å². The molecule has 0 aliphatic carbocycles. The van der Waals surface area contributed by atoms with Crippen LogP contribution in [0.15, 0.2) is 70.8 Å². The van der Waals surface area contributed by atoms with Gasteiger partial charge < -0.3 is 50.3 Å². The standard InChI is InChI=1S/C51H62N12O14S2/c1-26(2)37-45(71)76-20-34(56-36(64)19-62-24-52-32-17-13-11-15-30(32)43(62)69)39(65)54-28(5)41(67)60(9)50-22-79-51(23-78-50,47(73)58(37)7)61(10)42(68)29(6)55-40(66)35(21-77-46(72)38(27(3)4)59(8)48(50)74)57-49(75)63-25-53-33-18-14-12-16-31(33)44(63)70/h11-18,24-29,34-35,37-38H,19-23H2,1-10H3,(H,54,65)(H,55,66)(H,56,64)(H,57,75). The molecule has 79 heavy (non-hydrogen) atoms. The molecule has 0 spiro atoms. The van der Waals surface area contributed by atoms with Gasteiger partial charge in [0.15, 0.2) is 9.74 Å². The van der Waals surface area contributed by atoms with E-state index in [1.807, 2.05) is 0 Å². The molecule has 422 valence electrons. The minimum atomic E-state index is -2.04. The van der Waals surface area contributed by atoms with Crippen LogP contribution in [0.3, 0.4) is 0 Å². The first-order valence-corrected chi connectivity index (χ1v) is 27.1. The van der Waals surface area contributed by atoms with E-state index in [0.717, 1.165) is 60.3 Å². The van der Waals surface area contributed by atoms with Crippen molar-refractivity contribution in [1.82, 2.24) is 60.0 Å². The van der Waals surface area contributed by atoms with Gasteiger partial charge in [0.05, 0.1) is 28.1 Å². The number of carbonyl (C=O) groups excluding carboxylic acids is 10. The molecule has 26 nitrogen and oxygen atoms in total. The number of amides is 8. The predicted molar refractivity (Wildman–Crippen MR) is 287 cm³/mol. The number of para-hydroxylation sites is 2. The fourth-order valence-electron chi connectivity index (χ4n) is 9.60. The van der Waals surface area contributed by atoms with E-state index in [4.69, 9.17) is 9.47 Å². The first-order valence-electron chi connectivity index (χ1n) is 25.1. The number of esters is 2. The van der Waals surface area contributed by atoms with Crippen molar-refractivity contribution >= 4 is 105 Å². The Kier molecular flexibility index (Phi) is 17.6. The zero-order valence-corrected chi connectivity index (χ0v) is 46.7. The molecule has 8 atom stereocenters. The summed E-state index contributed by atoms with van der Waals surface area (Å²) in [5.41, 5.74) is -0.683. The molecule has 8 amide bonds. The van der Waals surface area contributed by atoms with Gasteiger partial charge in [-0.2, -0.15) is 0 Å². The number of rotatable bonds is 6. The van der Waals surface area contributed by atoms with Crippen molar-refractivity contribution in [2.45, 2.75) is 94.1 Å². The van der Waals surface area contributed by atoms with Crippen LogP contribution in [-0.4, -0.2) is 197 Å². The monoisotopic (exact) mass is 1130 g/mol. The molecule has 2 aromatic heterocycles. The minimum Gasteiger partial charge on any atom is -0.461 e. The van der Waals surface area contributed by atoms with Gasteiger partial charge in [0.2, 0.25) is 29.5 Å². The average molecular weight is 1130 g/mol. The van der Waals surface area contributed by atoms with E-state index >= 15 is 9.59 Å². The van der Waals surface area contributed by atoms with Gasteiger partial charge in [-0.25, -0.2) is 28.9 Å². The number of thioether (sulfide) groups is 2. The minimum absolute atomic E-state index is 0.0780. The second-order valence-corrected chi connectivity index (χ2v) is 22.6. The van der Waals surface area contributed by atoms with Crippen LogP contribution in [0.1, 0.15) is 41.5 Å². The van der Waals surface area contributed by atoms with E-state index in [1.165, 1.54) is 54.2 Å². The van der Waals surface area contributed by atoms with Gasteiger partial charge in [-0.3, -0.25) is 47.7 Å². The van der Waals surface area contributed by atoms with Gasteiger partial charge in [0.25, 0.3) is 22.9 Å². The molecule has 4 aromatic rings. The Labute approximate surface area is 461 Å². The van der Waals surface area contributed by atoms with Crippen LogP contribution in [0.25, 0.3) is 21.8 Å². The van der Waals surface area contributed by atoms with Gasteiger partial charge in [0, 0.05) is 39.7 Å². The number of hydrogen-bond acceptors (Lipinski definition) is 18. The molecule has 5 saturated heterocycles. The third-order valence-electron chi connectivity index (χ3n) is 14.1. The highest BCUT2D eigenvalue weighted by molar-refractivity contribution is 8.09. The third kappa shape index (κ3) is 11.5. The first-order chi connectivity index (χ1) is 37.3. The number of nitrogens with zero attached hydrogens (tertiary/aromatic N) is 8. The summed E-state index contributed by atoms with van der Waals surface area (Å²) in [5, 5.41) is 10.2. The second-order valence-electron chi connectivity index (χ2n) is 20.1. The SMILES string of the molecule is CC1NC(=O)C(NC(=O)Cn2cnc3ccccc3c2=O)COC(=O)C(C(C)C)N(C)C(=O)C23CSC(CS2)(C(=O)N(C)C(C(C)C)C(=O)OCC(NC(=O)n2cnc4ccccc4c2=O)C(=O)NC(C)C(=O)N3C)N(C)C1=O. The van der Waals surface area contributed by atoms with Crippen LogP contribution in [0.2, 0.25) is 0 Å². The summed E-state index contributed by atoms with van der Waals surface area (Å²) in [6, 6.07) is 2.15. The van der Waals surface area contributed by atoms with Crippen LogP contribution >= 0.6 is 23.5 Å². The number of likely N-dealkylation sites (N-methyl/N-ethyl adjacent to an activating group) is 4. The van der Waals surface area contributed by atoms with Gasteiger partial charge in [-0.1, -0.05) is 52.0 Å². The Morgan fingerprint density at radius 1 is 0.633 bits per heavy atom. The Morgan fingerprint density at radius 2 is 1.05 bits per heavy atom. The molecule has 0 saturated carbocycles. The molecule has 28 heteroatoms. The second kappa shape index (κ2) is 23.6. The van der Waals surface area contributed by atoms with Gasteiger partial charge in [0.1, 0.15) is 62.3 Å². The fourth-order valence-corrected chi connectivity index (χ4v) is 13.2. The number of ether oxygens (including phenoxy) is 2. The predicted octanol–water partition coefficient (Wildman–Crippen LogP) is -0.904. The number of aromatic nitrogens is 4. The van der Waals surface area contributed by atoms with E-state index in [9.17, 15) is 47.9 Å². The van der Waals surface area contributed by atoms with E-state index < -0.39 is 160 Å². The van der Waals surface area contributed by atoms with Crippen molar-refractivity contribution in [3.63, 3.8) is 0 Å². The van der Waals surface area contributed by atoms with E-state index in [2.05, 4.69) is 31.2 Å². The molecule has 8 unspecified atom stereocenters. The summed E-state index contributed by atoms with van der Waals surface area (Å²) >= 11 is 1.57. The lowest BCUT2D eigenvalue weighted by Crippen LogP contribution is -2.71. The lowest BCUT2D eigenvalue weighted by atomic mass is 10.0. The Morgan fingerprint density at radius 3 is 1.49 bits per heavy atom. The highest BCUT2D eigenvalue weighted by Gasteiger charge is 2.61. The maximum Gasteiger partial charge on any atom is 0.330 e. The van der Waals surface area contributed by atoms with Crippen LogP contribution < -0.4 is 32.4 Å².